The van der Waals surface area contributed by atoms with E-state index in [9.17, 15) is 8.78 Å². The molecule has 1 aliphatic rings. The van der Waals surface area contributed by atoms with Crippen LogP contribution in [0, 0.1) is 11.6 Å². The van der Waals surface area contributed by atoms with Gasteiger partial charge in [0.15, 0.2) is 0 Å². The summed E-state index contributed by atoms with van der Waals surface area (Å²) in [5.74, 6) is -0.521. The summed E-state index contributed by atoms with van der Waals surface area (Å²) in [7, 11) is 0. The van der Waals surface area contributed by atoms with Crippen molar-refractivity contribution < 1.29 is 8.78 Å². The first kappa shape index (κ1) is 13.6. The summed E-state index contributed by atoms with van der Waals surface area (Å²) < 4.78 is 25.9. The fraction of sp³-hybridized carbons (Fsp3) is 0.176. The van der Waals surface area contributed by atoms with Gasteiger partial charge in [-0.15, -0.1) is 0 Å². The lowest BCUT2D eigenvalue weighted by atomic mass is 10.0. The standard InChI is InChI=1S/C17H14F2N2/c18-14-8-4-12(5-9-14)16-2-1-3-17(21-20-16)13-6-10-15(19)11-7-13/h4-11H,1-3H2. The van der Waals surface area contributed by atoms with Crippen molar-refractivity contribution in [2.24, 2.45) is 10.2 Å². The summed E-state index contributed by atoms with van der Waals surface area (Å²) in [5.41, 5.74) is 3.49. The molecule has 0 N–H and O–H groups in total. The molecule has 0 unspecified atom stereocenters. The Morgan fingerprint density at radius 2 is 1.00 bits per heavy atom. The van der Waals surface area contributed by atoms with Crippen LogP contribution in [-0.2, 0) is 0 Å². The molecule has 2 nitrogen and oxygen atoms in total. The lowest BCUT2D eigenvalue weighted by Gasteiger charge is -2.02. The predicted molar refractivity (Wildman–Crippen MR) is 79.7 cm³/mol. The SMILES string of the molecule is Fc1ccc(C2=NN=C(c3ccc(F)cc3)CCC2)cc1. The van der Waals surface area contributed by atoms with Gasteiger partial charge in [0.25, 0.3) is 0 Å². The Bertz CT molecular complexity index is 624. The lowest BCUT2D eigenvalue weighted by Crippen LogP contribution is -2.00. The first-order valence-corrected chi connectivity index (χ1v) is 6.88. The smallest absolute Gasteiger partial charge is 0.123 e. The van der Waals surface area contributed by atoms with Crippen molar-refractivity contribution in [2.75, 3.05) is 0 Å². The number of benzene rings is 2. The van der Waals surface area contributed by atoms with Crippen molar-refractivity contribution in [2.45, 2.75) is 19.3 Å². The molecule has 0 amide bonds. The molecule has 0 saturated carbocycles. The van der Waals surface area contributed by atoms with E-state index in [4.69, 9.17) is 0 Å². The van der Waals surface area contributed by atoms with Crippen LogP contribution in [0.2, 0.25) is 0 Å². The molecule has 3 rings (SSSR count). The number of hydrogen-bond donors (Lipinski definition) is 0. The number of hydrogen-bond acceptors (Lipinski definition) is 2. The maximum atomic E-state index is 13.0. The third-order valence-corrected chi connectivity index (χ3v) is 3.47. The predicted octanol–water partition coefficient (Wildman–Crippen LogP) is 4.34. The van der Waals surface area contributed by atoms with Gasteiger partial charge in [0.05, 0.1) is 11.4 Å². The molecule has 0 spiro atoms. The average molecular weight is 284 g/mol. The van der Waals surface area contributed by atoms with E-state index in [0.29, 0.717) is 0 Å². The lowest BCUT2D eigenvalue weighted by molar-refractivity contribution is 0.627. The van der Waals surface area contributed by atoms with Gasteiger partial charge in [0.1, 0.15) is 11.6 Å². The van der Waals surface area contributed by atoms with Crippen LogP contribution in [0.1, 0.15) is 30.4 Å². The van der Waals surface area contributed by atoms with Crippen molar-refractivity contribution in [3.05, 3.63) is 71.3 Å². The minimum atomic E-state index is -0.261. The van der Waals surface area contributed by atoms with Crippen LogP contribution in [0.4, 0.5) is 8.78 Å². The van der Waals surface area contributed by atoms with E-state index in [1.807, 2.05) is 0 Å². The molecule has 106 valence electrons. The minimum absolute atomic E-state index is 0.261. The molecule has 4 heteroatoms. The Hall–Kier alpha value is -2.36. The number of halogens is 2. The molecular formula is C17H14F2N2. The first-order chi connectivity index (χ1) is 10.2. The van der Waals surface area contributed by atoms with Crippen molar-refractivity contribution in [1.82, 2.24) is 0 Å². The summed E-state index contributed by atoms with van der Waals surface area (Å²) in [6, 6.07) is 12.6. The highest BCUT2D eigenvalue weighted by atomic mass is 19.1. The molecule has 0 atom stereocenters. The zero-order chi connectivity index (χ0) is 14.7. The van der Waals surface area contributed by atoms with Gasteiger partial charge in [0.2, 0.25) is 0 Å². The quantitative estimate of drug-likeness (QED) is 0.783. The third-order valence-electron chi connectivity index (χ3n) is 3.47. The van der Waals surface area contributed by atoms with Gasteiger partial charge >= 0.3 is 0 Å². The van der Waals surface area contributed by atoms with Crippen LogP contribution < -0.4 is 0 Å². The van der Waals surface area contributed by atoms with Crippen LogP contribution in [0.15, 0.2) is 58.7 Å². The Morgan fingerprint density at radius 3 is 1.38 bits per heavy atom. The van der Waals surface area contributed by atoms with Crippen molar-refractivity contribution in [3.63, 3.8) is 0 Å². The van der Waals surface area contributed by atoms with Gasteiger partial charge in [-0.2, -0.15) is 10.2 Å². The van der Waals surface area contributed by atoms with Gasteiger partial charge in [-0.3, -0.25) is 0 Å². The number of nitrogens with zero attached hydrogens (tertiary/aromatic N) is 2. The van der Waals surface area contributed by atoms with E-state index in [1.165, 1.54) is 24.3 Å². The largest absolute Gasteiger partial charge is 0.207 e. The van der Waals surface area contributed by atoms with E-state index in [0.717, 1.165) is 41.8 Å². The van der Waals surface area contributed by atoms with Crippen molar-refractivity contribution in [1.29, 1.82) is 0 Å². The summed E-state index contributed by atoms with van der Waals surface area (Å²) in [4.78, 5) is 0. The van der Waals surface area contributed by atoms with E-state index < -0.39 is 0 Å². The fourth-order valence-corrected chi connectivity index (χ4v) is 2.33. The molecule has 1 aliphatic heterocycles. The van der Waals surface area contributed by atoms with E-state index in [2.05, 4.69) is 10.2 Å². The average Bonchev–Trinajstić information content (AvgIpc) is 2.75. The highest BCUT2D eigenvalue weighted by molar-refractivity contribution is 6.05. The molecular weight excluding hydrogens is 270 g/mol. The monoisotopic (exact) mass is 284 g/mol. The van der Waals surface area contributed by atoms with Gasteiger partial charge in [0, 0.05) is 0 Å². The van der Waals surface area contributed by atoms with Crippen molar-refractivity contribution in [3.8, 4) is 0 Å². The molecule has 0 fully saturated rings. The molecule has 2 aromatic carbocycles. The summed E-state index contributed by atoms with van der Waals surface area (Å²) in [6.45, 7) is 0. The minimum Gasteiger partial charge on any atom is -0.207 e. The molecule has 0 radical (unpaired) electrons. The summed E-state index contributed by atoms with van der Waals surface area (Å²) in [5, 5.41) is 8.58. The fourth-order valence-electron chi connectivity index (χ4n) is 2.33. The second kappa shape index (κ2) is 5.95. The normalized spacial score (nSPS) is 15.1. The van der Waals surface area contributed by atoms with Crippen LogP contribution in [0.5, 0.6) is 0 Å². The van der Waals surface area contributed by atoms with Crippen LogP contribution in [0.25, 0.3) is 0 Å². The molecule has 0 bridgehead atoms. The van der Waals surface area contributed by atoms with E-state index in [-0.39, 0.29) is 11.6 Å². The number of rotatable bonds is 2. The van der Waals surface area contributed by atoms with Gasteiger partial charge in [-0.1, -0.05) is 24.3 Å². The topological polar surface area (TPSA) is 24.7 Å². The molecule has 2 aromatic rings. The molecule has 1 heterocycles. The van der Waals surface area contributed by atoms with Crippen LogP contribution >= 0.6 is 0 Å². The molecule has 0 aromatic heterocycles. The van der Waals surface area contributed by atoms with Gasteiger partial charge in [-0.25, -0.2) is 8.78 Å². The zero-order valence-electron chi connectivity index (χ0n) is 11.4. The Labute approximate surface area is 121 Å². The van der Waals surface area contributed by atoms with E-state index in [1.54, 1.807) is 24.3 Å². The second-order valence-corrected chi connectivity index (χ2v) is 4.96. The first-order valence-electron chi connectivity index (χ1n) is 6.88. The third kappa shape index (κ3) is 3.21. The second-order valence-electron chi connectivity index (χ2n) is 4.96. The Kier molecular flexibility index (Phi) is 3.86. The summed E-state index contributed by atoms with van der Waals surface area (Å²) in [6.07, 6.45) is 2.49. The summed E-state index contributed by atoms with van der Waals surface area (Å²) >= 11 is 0. The van der Waals surface area contributed by atoms with Crippen molar-refractivity contribution >= 4 is 11.4 Å². The maximum absolute atomic E-state index is 13.0. The van der Waals surface area contributed by atoms with Crippen LogP contribution in [-0.4, -0.2) is 11.4 Å². The Morgan fingerprint density at radius 1 is 0.619 bits per heavy atom. The Balaban J connectivity index is 1.88. The molecule has 21 heavy (non-hydrogen) atoms. The highest BCUT2D eigenvalue weighted by Gasteiger charge is 2.11. The van der Waals surface area contributed by atoms with Gasteiger partial charge in [-0.05, 0) is 54.7 Å². The molecule has 0 aliphatic carbocycles. The molecule has 0 saturated heterocycles. The van der Waals surface area contributed by atoms with Crippen LogP contribution in [0.3, 0.4) is 0 Å². The zero-order valence-corrected chi connectivity index (χ0v) is 11.4. The van der Waals surface area contributed by atoms with Gasteiger partial charge < -0.3 is 0 Å². The highest BCUT2D eigenvalue weighted by Crippen LogP contribution is 2.17. The maximum Gasteiger partial charge on any atom is 0.123 e. The van der Waals surface area contributed by atoms with E-state index >= 15 is 0 Å².